The lowest BCUT2D eigenvalue weighted by Gasteiger charge is -2.35. The van der Waals surface area contributed by atoms with Crippen molar-refractivity contribution in [2.45, 2.75) is 97.4 Å². The quantitative estimate of drug-likeness (QED) is 0.221. The van der Waals surface area contributed by atoms with Crippen molar-refractivity contribution < 1.29 is 24.3 Å². The molecule has 12 heteroatoms. The predicted molar refractivity (Wildman–Crippen MR) is 179 cm³/mol. The fourth-order valence-electron chi connectivity index (χ4n) is 6.10. The van der Waals surface area contributed by atoms with Crippen molar-refractivity contribution in [1.82, 2.24) is 31.2 Å². The highest BCUT2D eigenvalue weighted by Crippen LogP contribution is 2.29. The first-order valence-electron chi connectivity index (χ1n) is 16.4. The Morgan fingerprint density at radius 2 is 1.76 bits per heavy atom. The molecular formula is C34H50N6O5S. The van der Waals surface area contributed by atoms with Gasteiger partial charge in [-0.25, -0.2) is 4.98 Å². The lowest BCUT2D eigenvalue weighted by molar-refractivity contribution is -0.144. The molecule has 4 atom stereocenters. The van der Waals surface area contributed by atoms with E-state index in [4.69, 9.17) is 0 Å². The van der Waals surface area contributed by atoms with Crippen LogP contribution in [0.15, 0.2) is 29.8 Å². The molecule has 2 aromatic rings. The molecule has 0 saturated carbocycles. The van der Waals surface area contributed by atoms with Crippen LogP contribution < -0.4 is 21.3 Å². The van der Waals surface area contributed by atoms with E-state index >= 15 is 0 Å². The number of hydrogen-bond acceptors (Lipinski definition) is 8. The third-order valence-corrected chi connectivity index (χ3v) is 9.88. The second kappa shape index (κ2) is 16.0. The number of aromatic nitrogens is 1. The fourth-order valence-corrected chi connectivity index (χ4v) is 6.91. The number of hydrogen-bond donors (Lipinski definition) is 5. The maximum atomic E-state index is 13.9. The Hall–Kier alpha value is -3.35. The molecule has 1 aromatic carbocycles. The number of aliphatic hydroxyl groups excluding tert-OH is 1. The van der Waals surface area contributed by atoms with Gasteiger partial charge in [0.2, 0.25) is 23.6 Å². The molecule has 0 unspecified atom stereocenters. The van der Waals surface area contributed by atoms with Crippen molar-refractivity contribution in [1.29, 1.82) is 0 Å². The third-order valence-electron chi connectivity index (χ3n) is 8.90. The van der Waals surface area contributed by atoms with Gasteiger partial charge in [0.25, 0.3) is 0 Å². The summed E-state index contributed by atoms with van der Waals surface area (Å²) in [6.45, 7) is 11.7. The van der Waals surface area contributed by atoms with Gasteiger partial charge in [0.05, 0.1) is 28.2 Å². The molecule has 0 radical (unpaired) electrons. The van der Waals surface area contributed by atoms with Crippen LogP contribution in [-0.2, 0) is 19.2 Å². The zero-order valence-corrected chi connectivity index (χ0v) is 28.5. The molecule has 2 saturated heterocycles. The summed E-state index contributed by atoms with van der Waals surface area (Å²) >= 11 is 1.58. The molecule has 2 aliphatic rings. The number of β-amino-alcohol motifs (C(OH)–C–C–N with tert-alkyl or cyclic N) is 1. The van der Waals surface area contributed by atoms with E-state index in [1.807, 2.05) is 64.4 Å². The van der Waals surface area contributed by atoms with Gasteiger partial charge >= 0.3 is 0 Å². The summed E-state index contributed by atoms with van der Waals surface area (Å²) in [5.41, 5.74) is 4.14. The van der Waals surface area contributed by atoms with Gasteiger partial charge in [-0.2, -0.15) is 0 Å². The Labute approximate surface area is 276 Å². The number of piperidine rings is 1. The van der Waals surface area contributed by atoms with Crippen LogP contribution in [0.1, 0.15) is 83.5 Å². The maximum absolute atomic E-state index is 13.9. The van der Waals surface area contributed by atoms with Crippen molar-refractivity contribution in [2.24, 2.45) is 11.3 Å². The maximum Gasteiger partial charge on any atom is 0.246 e. The number of thiazole rings is 1. The molecule has 4 rings (SSSR count). The van der Waals surface area contributed by atoms with E-state index in [0.717, 1.165) is 47.6 Å². The van der Waals surface area contributed by atoms with Crippen LogP contribution in [0.5, 0.6) is 0 Å². The molecule has 11 nitrogen and oxygen atoms in total. The summed E-state index contributed by atoms with van der Waals surface area (Å²) in [5.74, 6) is -0.866. The van der Waals surface area contributed by atoms with Crippen molar-refractivity contribution in [3.05, 3.63) is 41.0 Å². The van der Waals surface area contributed by atoms with Crippen LogP contribution in [-0.4, -0.2) is 83.0 Å². The van der Waals surface area contributed by atoms with E-state index in [1.165, 1.54) is 4.90 Å². The summed E-state index contributed by atoms with van der Waals surface area (Å²) in [6.07, 6.45) is 2.41. The second-order valence-electron chi connectivity index (χ2n) is 13.7. The number of aryl methyl sites for hydroxylation is 1. The summed E-state index contributed by atoms with van der Waals surface area (Å²) < 4.78 is 0. The molecular weight excluding hydrogens is 604 g/mol. The Bertz CT molecular complexity index is 1350. The van der Waals surface area contributed by atoms with E-state index < -0.39 is 23.6 Å². The molecule has 2 fully saturated rings. The highest BCUT2D eigenvalue weighted by molar-refractivity contribution is 7.13. The highest BCUT2D eigenvalue weighted by Gasteiger charge is 2.44. The topological polar surface area (TPSA) is 153 Å². The standard InChI is InChI=1S/C34H50N6O5S/c1-21(23-9-11-24(12-10-23)29-22(2)37-20-46-29)38-32(44)27-18-26(41)19-40(27)33(45)30(34(3,4)5)39-28(42)8-6-7-15-36-31(43)25-13-16-35-17-14-25/h9-12,20-21,25-27,30,35,41H,6-8,13-19H2,1-5H3,(H,36,43)(H,38,44)(H,39,42)/t21-,26+,27-,30+/m0/s1. The lowest BCUT2D eigenvalue weighted by atomic mass is 9.85. The average molecular weight is 655 g/mol. The van der Waals surface area contributed by atoms with Gasteiger partial charge in [0, 0.05) is 31.8 Å². The third kappa shape index (κ3) is 9.36. The van der Waals surface area contributed by atoms with Crippen molar-refractivity contribution >= 4 is 35.0 Å². The molecule has 2 aliphatic heterocycles. The van der Waals surface area contributed by atoms with Gasteiger partial charge in [-0.3, -0.25) is 19.2 Å². The number of rotatable bonds is 12. The van der Waals surface area contributed by atoms with Crippen LogP contribution in [0.4, 0.5) is 0 Å². The zero-order chi connectivity index (χ0) is 33.4. The van der Waals surface area contributed by atoms with Crippen LogP contribution >= 0.6 is 11.3 Å². The van der Waals surface area contributed by atoms with Gasteiger partial charge in [0.15, 0.2) is 0 Å². The minimum absolute atomic E-state index is 0.0212. The van der Waals surface area contributed by atoms with Crippen LogP contribution in [0.3, 0.4) is 0 Å². The Kier molecular flexibility index (Phi) is 12.3. The van der Waals surface area contributed by atoms with E-state index in [0.29, 0.717) is 19.4 Å². The summed E-state index contributed by atoms with van der Waals surface area (Å²) in [5, 5.41) is 22.7. The first-order chi connectivity index (χ1) is 21.8. The van der Waals surface area contributed by atoms with E-state index in [1.54, 1.807) is 11.3 Å². The van der Waals surface area contributed by atoms with Crippen LogP contribution in [0.25, 0.3) is 10.4 Å². The van der Waals surface area contributed by atoms with Crippen molar-refractivity contribution in [3.8, 4) is 10.4 Å². The molecule has 0 spiro atoms. The smallest absolute Gasteiger partial charge is 0.246 e. The second-order valence-corrected chi connectivity index (χ2v) is 14.5. The number of likely N-dealkylation sites (tertiary alicyclic amines) is 1. The van der Waals surface area contributed by atoms with E-state index in [9.17, 15) is 24.3 Å². The first kappa shape index (κ1) is 35.5. The Morgan fingerprint density at radius 1 is 1.07 bits per heavy atom. The predicted octanol–water partition coefficient (Wildman–Crippen LogP) is 3.07. The number of carbonyl (C=O) groups is 4. The number of unbranched alkanes of at least 4 members (excludes halogenated alkanes) is 1. The minimum atomic E-state index is -0.875. The summed E-state index contributed by atoms with van der Waals surface area (Å²) in [6, 6.07) is 5.92. The van der Waals surface area contributed by atoms with Crippen LogP contribution in [0.2, 0.25) is 0 Å². The first-order valence-corrected chi connectivity index (χ1v) is 17.3. The minimum Gasteiger partial charge on any atom is -0.391 e. The van der Waals surface area contributed by atoms with Crippen molar-refractivity contribution in [2.75, 3.05) is 26.2 Å². The summed E-state index contributed by atoms with van der Waals surface area (Å²) in [7, 11) is 0. The number of aliphatic hydroxyl groups is 1. The van der Waals surface area contributed by atoms with Gasteiger partial charge in [-0.05, 0) is 69.2 Å². The van der Waals surface area contributed by atoms with E-state index in [-0.39, 0.29) is 55.0 Å². The van der Waals surface area contributed by atoms with Gasteiger partial charge < -0.3 is 31.3 Å². The van der Waals surface area contributed by atoms with Gasteiger partial charge in [-0.15, -0.1) is 11.3 Å². The van der Waals surface area contributed by atoms with Gasteiger partial charge in [0.1, 0.15) is 12.1 Å². The molecule has 4 amide bonds. The largest absolute Gasteiger partial charge is 0.391 e. The average Bonchev–Trinajstić information content (AvgIpc) is 3.64. The lowest BCUT2D eigenvalue weighted by Crippen LogP contribution is -2.57. The van der Waals surface area contributed by atoms with Crippen molar-refractivity contribution in [3.63, 3.8) is 0 Å². The fraction of sp³-hybridized carbons (Fsp3) is 0.618. The molecule has 0 bridgehead atoms. The number of benzene rings is 1. The zero-order valence-electron chi connectivity index (χ0n) is 27.7. The molecule has 252 valence electrons. The highest BCUT2D eigenvalue weighted by atomic mass is 32.1. The number of amides is 4. The monoisotopic (exact) mass is 654 g/mol. The Balaban J connectivity index is 1.30. The molecule has 3 heterocycles. The molecule has 1 aromatic heterocycles. The normalized spacial score (nSPS) is 20.2. The number of carbonyl (C=O) groups excluding carboxylic acids is 4. The number of nitrogens with zero attached hydrogens (tertiary/aromatic N) is 2. The van der Waals surface area contributed by atoms with Gasteiger partial charge in [-0.1, -0.05) is 45.0 Å². The number of nitrogens with one attached hydrogen (secondary N) is 4. The summed E-state index contributed by atoms with van der Waals surface area (Å²) in [4.78, 5) is 59.5. The molecule has 46 heavy (non-hydrogen) atoms. The molecule has 5 N–H and O–H groups in total. The SMILES string of the molecule is Cc1ncsc1-c1ccc([C@H](C)NC(=O)[C@@H]2C[C@@H](O)CN2C(=O)[C@@H](NC(=O)CCCCNC(=O)C2CCNCC2)C(C)(C)C)cc1. The Morgan fingerprint density at radius 3 is 2.39 bits per heavy atom. The molecule has 0 aliphatic carbocycles. The van der Waals surface area contributed by atoms with Crippen LogP contribution in [0, 0.1) is 18.3 Å². The van der Waals surface area contributed by atoms with E-state index in [2.05, 4.69) is 26.3 Å².